The fourth-order valence-corrected chi connectivity index (χ4v) is 2.47. The summed E-state index contributed by atoms with van der Waals surface area (Å²) in [4.78, 5) is 4.51. The van der Waals surface area contributed by atoms with Gasteiger partial charge in [0, 0.05) is 12.0 Å². The predicted molar refractivity (Wildman–Crippen MR) is 96.7 cm³/mol. The minimum absolute atomic E-state index is 0. The molecular formula is C16H24IN3. The number of halogens is 1. The third-order valence-electron chi connectivity index (χ3n) is 3.82. The first-order chi connectivity index (χ1) is 9.12. The number of benzene rings is 1. The van der Waals surface area contributed by atoms with Gasteiger partial charge in [0.05, 0.1) is 6.54 Å². The fraction of sp³-hybridized carbons (Fsp3) is 0.438. The van der Waals surface area contributed by atoms with E-state index >= 15 is 0 Å². The first-order valence-corrected chi connectivity index (χ1v) is 6.86. The average Bonchev–Trinajstić information content (AvgIpc) is 2.36. The molecule has 1 aliphatic rings. The number of guanidine groups is 1. The highest BCUT2D eigenvalue weighted by molar-refractivity contribution is 14.0. The van der Waals surface area contributed by atoms with Crippen LogP contribution in [0.4, 0.5) is 0 Å². The lowest BCUT2D eigenvalue weighted by Crippen LogP contribution is -2.40. The molecule has 3 nitrogen and oxygen atoms in total. The van der Waals surface area contributed by atoms with Crippen LogP contribution < -0.4 is 11.1 Å². The van der Waals surface area contributed by atoms with Crippen LogP contribution in [-0.4, -0.2) is 19.0 Å². The maximum Gasteiger partial charge on any atom is 0.188 e. The Morgan fingerprint density at radius 1 is 1.35 bits per heavy atom. The summed E-state index contributed by atoms with van der Waals surface area (Å²) in [7, 11) is 0. The maximum atomic E-state index is 5.88. The topological polar surface area (TPSA) is 50.4 Å². The molecule has 0 aliphatic heterocycles. The Bertz CT molecular complexity index is 464. The number of hydrogen-bond donors (Lipinski definition) is 2. The Kier molecular flexibility index (Phi) is 6.52. The van der Waals surface area contributed by atoms with E-state index in [0.29, 0.717) is 12.5 Å². The molecule has 20 heavy (non-hydrogen) atoms. The summed E-state index contributed by atoms with van der Waals surface area (Å²) in [6.07, 6.45) is 3.69. The van der Waals surface area contributed by atoms with Gasteiger partial charge in [0.15, 0.2) is 5.96 Å². The molecule has 0 aromatic heterocycles. The van der Waals surface area contributed by atoms with E-state index in [0.717, 1.165) is 12.1 Å². The van der Waals surface area contributed by atoms with Gasteiger partial charge in [-0.15, -0.1) is 24.0 Å². The van der Waals surface area contributed by atoms with Crippen molar-refractivity contribution < 1.29 is 0 Å². The van der Waals surface area contributed by atoms with Gasteiger partial charge in [-0.2, -0.15) is 0 Å². The molecule has 0 spiro atoms. The van der Waals surface area contributed by atoms with Gasteiger partial charge in [-0.05, 0) is 25.3 Å². The fourth-order valence-electron chi connectivity index (χ4n) is 2.47. The molecule has 1 aromatic carbocycles. The Balaban J connectivity index is 0.00000200. The van der Waals surface area contributed by atoms with E-state index in [1.807, 2.05) is 6.92 Å². The molecule has 1 aliphatic carbocycles. The lowest BCUT2D eigenvalue weighted by atomic mass is 9.64. The third kappa shape index (κ3) is 4.23. The normalized spacial score (nSPS) is 16.8. The number of aliphatic imine (C=N–C) groups is 1. The lowest BCUT2D eigenvalue weighted by Gasteiger charge is -2.41. The highest BCUT2D eigenvalue weighted by Gasteiger charge is 2.38. The van der Waals surface area contributed by atoms with Crippen molar-refractivity contribution in [2.75, 3.05) is 13.1 Å². The zero-order valence-electron chi connectivity index (χ0n) is 12.1. The van der Waals surface area contributed by atoms with Gasteiger partial charge in [-0.1, -0.05) is 48.9 Å². The molecule has 0 saturated heterocycles. The molecule has 0 amide bonds. The summed E-state index contributed by atoms with van der Waals surface area (Å²) < 4.78 is 0. The number of hydrogen-bond acceptors (Lipinski definition) is 1. The Labute approximate surface area is 138 Å². The minimum Gasteiger partial charge on any atom is -0.370 e. The molecule has 1 fully saturated rings. The van der Waals surface area contributed by atoms with Crippen LogP contribution in [-0.2, 0) is 5.41 Å². The van der Waals surface area contributed by atoms with Crippen LogP contribution in [0.3, 0.4) is 0 Å². The molecule has 0 unspecified atom stereocenters. The van der Waals surface area contributed by atoms with Crippen molar-refractivity contribution in [1.29, 1.82) is 0 Å². The van der Waals surface area contributed by atoms with E-state index in [-0.39, 0.29) is 29.4 Å². The van der Waals surface area contributed by atoms with E-state index in [1.165, 1.54) is 24.8 Å². The molecule has 110 valence electrons. The number of rotatable bonds is 5. The Hall–Kier alpha value is -1.04. The molecule has 0 bridgehead atoms. The van der Waals surface area contributed by atoms with Crippen molar-refractivity contribution in [2.24, 2.45) is 10.7 Å². The smallest absolute Gasteiger partial charge is 0.188 e. The highest BCUT2D eigenvalue weighted by atomic mass is 127. The molecule has 1 aromatic rings. The summed E-state index contributed by atoms with van der Waals surface area (Å²) in [5, 5.41) is 3.08. The van der Waals surface area contributed by atoms with E-state index in [9.17, 15) is 0 Å². The Morgan fingerprint density at radius 3 is 2.50 bits per heavy atom. The molecule has 2 rings (SSSR count). The van der Waals surface area contributed by atoms with Gasteiger partial charge >= 0.3 is 0 Å². The molecular weight excluding hydrogens is 361 g/mol. The monoisotopic (exact) mass is 385 g/mol. The second kappa shape index (κ2) is 7.67. The van der Waals surface area contributed by atoms with Crippen molar-refractivity contribution in [3.05, 3.63) is 48.0 Å². The molecule has 4 heteroatoms. The van der Waals surface area contributed by atoms with E-state index in [4.69, 9.17) is 5.73 Å². The van der Waals surface area contributed by atoms with Crippen LogP contribution in [0.15, 0.2) is 47.5 Å². The highest BCUT2D eigenvalue weighted by Crippen LogP contribution is 2.43. The predicted octanol–water partition coefficient (Wildman–Crippen LogP) is 3.21. The van der Waals surface area contributed by atoms with Crippen LogP contribution in [0, 0.1) is 0 Å². The zero-order valence-corrected chi connectivity index (χ0v) is 14.4. The summed E-state index contributed by atoms with van der Waals surface area (Å²) in [6, 6.07) is 10.7. The van der Waals surface area contributed by atoms with Crippen LogP contribution in [0.1, 0.15) is 31.7 Å². The summed E-state index contributed by atoms with van der Waals surface area (Å²) in [6.45, 7) is 7.27. The molecule has 3 N–H and O–H groups in total. The first kappa shape index (κ1) is 17.0. The number of nitrogens with zero attached hydrogens (tertiary/aromatic N) is 1. The van der Waals surface area contributed by atoms with Gasteiger partial charge in [0.25, 0.3) is 0 Å². The molecule has 0 heterocycles. The van der Waals surface area contributed by atoms with Gasteiger partial charge in [-0.25, -0.2) is 0 Å². The van der Waals surface area contributed by atoms with Crippen LogP contribution in [0.5, 0.6) is 0 Å². The standard InChI is InChI=1S/C16H23N3.HI/c1-13(2)11-18-15(17)19-12-16(9-6-10-16)14-7-4-3-5-8-14;/h3-5,7-8H,1,6,9-12H2,2H3,(H3,17,18,19);1H. The van der Waals surface area contributed by atoms with Gasteiger partial charge in [0.2, 0.25) is 0 Å². The quantitative estimate of drug-likeness (QED) is 0.354. The van der Waals surface area contributed by atoms with Gasteiger partial charge in [-0.3, -0.25) is 4.99 Å². The van der Waals surface area contributed by atoms with Crippen molar-refractivity contribution >= 4 is 29.9 Å². The summed E-state index contributed by atoms with van der Waals surface area (Å²) in [5.74, 6) is 0.519. The average molecular weight is 385 g/mol. The minimum atomic E-state index is 0. The van der Waals surface area contributed by atoms with E-state index in [1.54, 1.807) is 0 Å². The molecule has 1 saturated carbocycles. The summed E-state index contributed by atoms with van der Waals surface area (Å²) >= 11 is 0. The Morgan fingerprint density at radius 2 is 2.00 bits per heavy atom. The van der Waals surface area contributed by atoms with Crippen LogP contribution in [0.2, 0.25) is 0 Å². The third-order valence-corrected chi connectivity index (χ3v) is 3.82. The van der Waals surface area contributed by atoms with Crippen molar-refractivity contribution in [3.63, 3.8) is 0 Å². The van der Waals surface area contributed by atoms with Crippen LogP contribution in [0.25, 0.3) is 0 Å². The van der Waals surface area contributed by atoms with Crippen molar-refractivity contribution in [3.8, 4) is 0 Å². The van der Waals surface area contributed by atoms with Crippen molar-refractivity contribution in [1.82, 2.24) is 5.32 Å². The second-order valence-corrected chi connectivity index (χ2v) is 5.51. The van der Waals surface area contributed by atoms with E-state index < -0.39 is 0 Å². The maximum absolute atomic E-state index is 5.88. The van der Waals surface area contributed by atoms with Gasteiger partial charge in [0.1, 0.15) is 0 Å². The second-order valence-electron chi connectivity index (χ2n) is 5.51. The summed E-state index contributed by atoms with van der Waals surface area (Å²) in [5.41, 5.74) is 8.53. The largest absolute Gasteiger partial charge is 0.370 e. The SMILES string of the molecule is C=C(C)CNC(N)=NCC1(c2ccccc2)CCC1.I. The molecule has 0 atom stereocenters. The first-order valence-electron chi connectivity index (χ1n) is 6.86. The number of nitrogens with one attached hydrogen (secondary N) is 1. The van der Waals surface area contributed by atoms with Crippen molar-refractivity contribution in [2.45, 2.75) is 31.6 Å². The lowest BCUT2D eigenvalue weighted by molar-refractivity contribution is 0.253. The van der Waals surface area contributed by atoms with Crippen LogP contribution >= 0.6 is 24.0 Å². The number of nitrogens with two attached hydrogens (primary N) is 1. The molecule has 0 radical (unpaired) electrons. The van der Waals surface area contributed by atoms with Gasteiger partial charge < -0.3 is 11.1 Å². The van der Waals surface area contributed by atoms with E-state index in [2.05, 4.69) is 47.2 Å². The zero-order chi connectivity index (χ0) is 13.7.